The van der Waals surface area contributed by atoms with Gasteiger partial charge in [0.1, 0.15) is 0 Å². The van der Waals surface area contributed by atoms with Crippen molar-refractivity contribution in [3.63, 3.8) is 0 Å². The molecule has 2 unspecified atom stereocenters. The van der Waals surface area contributed by atoms with Crippen LogP contribution in [-0.2, 0) is 0 Å². The van der Waals surface area contributed by atoms with Gasteiger partial charge in [0.2, 0.25) is 0 Å². The van der Waals surface area contributed by atoms with Gasteiger partial charge in [-0.05, 0) is 45.2 Å². The molecule has 0 heterocycles. The second-order valence-electron chi connectivity index (χ2n) is 4.16. The Bertz CT molecular complexity index is 121. The third-order valence-corrected chi connectivity index (χ3v) is 2.84. The van der Waals surface area contributed by atoms with Gasteiger partial charge in [0.25, 0.3) is 0 Å². The van der Waals surface area contributed by atoms with Gasteiger partial charge in [-0.2, -0.15) is 0 Å². The Balaban J connectivity index is 1.93. The molecule has 1 aliphatic rings. The van der Waals surface area contributed by atoms with Crippen LogP contribution in [0.4, 0.5) is 0 Å². The van der Waals surface area contributed by atoms with E-state index in [0.717, 1.165) is 18.4 Å². The number of hydrogen-bond acceptors (Lipinski definition) is 2. The minimum Gasteiger partial charge on any atom is -0.316 e. The Morgan fingerprint density at radius 2 is 1.92 bits per heavy atom. The van der Waals surface area contributed by atoms with Gasteiger partial charge in [0.15, 0.2) is 0 Å². The zero-order valence-electron chi connectivity index (χ0n) is 8.56. The van der Waals surface area contributed by atoms with Crippen LogP contribution in [0, 0.1) is 11.8 Å². The van der Waals surface area contributed by atoms with E-state index in [0.29, 0.717) is 6.04 Å². The van der Waals surface area contributed by atoms with Gasteiger partial charge >= 0.3 is 0 Å². The summed E-state index contributed by atoms with van der Waals surface area (Å²) in [6.07, 6.45) is 2.93. The standard InChI is InChI=1S/C10H22N2/c1-8(10-4-5-10)6-12-7-9(2)11-3/h8-12H,4-7H2,1-3H3. The van der Waals surface area contributed by atoms with Gasteiger partial charge in [-0.25, -0.2) is 0 Å². The van der Waals surface area contributed by atoms with Crippen molar-refractivity contribution < 1.29 is 0 Å². The molecule has 2 nitrogen and oxygen atoms in total. The number of hydrogen-bond donors (Lipinski definition) is 2. The lowest BCUT2D eigenvalue weighted by atomic mass is 10.1. The third-order valence-electron chi connectivity index (χ3n) is 2.84. The normalized spacial score (nSPS) is 22.2. The van der Waals surface area contributed by atoms with Crippen LogP contribution in [0.5, 0.6) is 0 Å². The molecule has 0 spiro atoms. The van der Waals surface area contributed by atoms with Crippen molar-refractivity contribution in [3.8, 4) is 0 Å². The van der Waals surface area contributed by atoms with E-state index >= 15 is 0 Å². The van der Waals surface area contributed by atoms with E-state index < -0.39 is 0 Å². The summed E-state index contributed by atoms with van der Waals surface area (Å²) in [5, 5.41) is 6.72. The first-order valence-electron chi connectivity index (χ1n) is 5.12. The van der Waals surface area contributed by atoms with Crippen molar-refractivity contribution in [1.29, 1.82) is 0 Å². The molecule has 1 aliphatic carbocycles. The Morgan fingerprint density at radius 3 is 2.42 bits per heavy atom. The topological polar surface area (TPSA) is 24.1 Å². The maximum absolute atomic E-state index is 3.49. The predicted molar refractivity (Wildman–Crippen MR) is 53.3 cm³/mol. The third kappa shape index (κ3) is 3.55. The molecule has 1 rings (SSSR count). The highest BCUT2D eigenvalue weighted by Gasteiger charge is 2.27. The van der Waals surface area contributed by atoms with Crippen LogP contribution in [0.25, 0.3) is 0 Å². The zero-order valence-corrected chi connectivity index (χ0v) is 8.56. The molecule has 0 amide bonds. The molecule has 1 saturated carbocycles. The highest BCUT2D eigenvalue weighted by Crippen LogP contribution is 2.35. The zero-order chi connectivity index (χ0) is 8.97. The summed E-state index contributed by atoms with van der Waals surface area (Å²) in [5.74, 6) is 1.91. The lowest BCUT2D eigenvalue weighted by Gasteiger charge is -2.14. The summed E-state index contributed by atoms with van der Waals surface area (Å²) in [6.45, 7) is 6.84. The molecule has 2 N–H and O–H groups in total. The average molecular weight is 170 g/mol. The maximum Gasteiger partial charge on any atom is 0.0161 e. The van der Waals surface area contributed by atoms with Crippen LogP contribution in [0.1, 0.15) is 26.7 Å². The Hall–Kier alpha value is -0.0800. The van der Waals surface area contributed by atoms with E-state index in [9.17, 15) is 0 Å². The van der Waals surface area contributed by atoms with Gasteiger partial charge in [0, 0.05) is 12.6 Å². The first-order valence-corrected chi connectivity index (χ1v) is 5.12. The summed E-state index contributed by atoms with van der Waals surface area (Å²) < 4.78 is 0. The van der Waals surface area contributed by atoms with Gasteiger partial charge in [-0.15, -0.1) is 0 Å². The van der Waals surface area contributed by atoms with Gasteiger partial charge < -0.3 is 10.6 Å². The summed E-state index contributed by atoms with van der Waals surface area (Å²) in [7, 11) is 2.01. The van der Waals surface area contributed by atoms with Crippen LogP contribution in [-0.4, -0.2) is 26.2 Å². The number of nitrogens with one attached hydrogen (secondary N) is 2. The van der Waals surface area contributed by atoms with E-state index in [1.54, 1.807) is 0 Å². The van der Waals surface area contributed by atoms with Crippen molar-refractivity contribution in [2.45, 2.75) is 32.7 Å². The number of likely N-dealkylation sites (N-methyl/N-ethyl adjacent to an activating group) is 1. The highest BCUT2D eigenvalue weighted by molar-refractivity contribution is 4.80. The summed E-state index contributed by atoms with van der Waals surface area (Å²) >= 11 is 0. The quantitative estimate of drug-likeness (QED) is 0.626. The van der Waals surface area contributed by atoms with E-state index in [1.165, 1.54) is 19.4 Å². The summed E-state index contributed by atoms with van der Waals surface area (Å²) in [4.78, 5) is 0. The Morgan fingerprint density at radius 1 is 1.25 bits per heavy atom. The highest BCUT2D eigenvalue weighted by atomic mass is 15.0. The van der Waals surface area contributed by atoms with Crippen LogP contribution in [0.2, 0.25) is 0 Å². The predicted octanol–water partition coefficient (Wildman–Crippen LogP) is 1.23. The Kier molecular flexibility index (Phi) is 4.02. The fourth-order valence-electron chi connectivity index (χ4n) is 1.46. The second-order valence-corrected chi connectivity index (χ2v) is 4.16. The van der Waals surface area contributed by atoms with E-state index in [-0.39, 0.29) is 0 Å². The molecule has 0 aromatic carbocycles. The summed E-state index contributed by atoms with van der Waals surface area (Å²) in [5.41, 5.74) is 0. The molecule has 2 atom stereocenters. The fraction of sp³-hybridized carbons (Fsp3) is 1.00. The van der Waals surface area contributed by atoms with Crippen LogP contribution in [0.3, 0.4) is 0 Å². The SMILES string of the molecule is CNC(C)CNCC(C)C1CC1. The molecule has 1 fully saturated rings. The van der Waals surface area contributed by atoms with Crippen molar-refractivity contribution in [2.75, 3.05) is 20.1 Å². The smallest absolute Gasteiger partial charge is 0.0161 e. The summed E-state index contributed by atoms with van der Waals surface area (Å²) in [6, 6.07) is 0.594. The number of rotatable bonds is 6. The maximum atomic E-state index is 3.49. The molecule has 0 aromatic heterocycles. The molecule has 0 bridgehead atoms. The van der Waals surface area contributed by atoms with Crippen molar-refractivity contribution in [3.05, 3.63) is 0 Å². The fourth-order valence-corrected chi connectivity index (χ4v) is 1.46. The first-order chi connectivity index (χ1) is 5.74. The average Bonchev–Trinajstić information content (AvgIpc) is 2.86. The van der Waals surface area contributed by atoms with E-state index in [2.05, 4.69) is 24.5 Å². The van der Waals surface area contributed by atoms with Gasteiger partial charge in [0.05, 0.1) is 0 Å². The van der Waals surface area contributed by atoms with Gasteiger partial charge in [-0.3, -0.25) is 0 Å². The van der Waals surface area contributed by atoms with Crippen LogP contribution in [0.15, 0.2) is 0 Å². The lowest BCUT2D eigenvalue weighted by Crippen LogP contribution is -2.36. The molecule has 0 radical (unpaired) electrons. The molecule has 0 aliphatic heterocycles. The largest absolute Gasteiger partial charge is 0.316 e. The van der Waals surface area contributed by atoms with Crippen molar-refractivity contribution >= 4 is 0 Å². The van der Waals surface area contributed by atoms with E-state index in [4.69, 9.17) is 0 Å². The molecule has 12 heavy (non-hydrogen) atoms. The minimum atomic E-state index is 0.594. The second kappa shape index (κ2) is 4.83. The minimum absolute atomic E-state index is 0.594. The molecule has 72 valence electrons. The van der Waals surface area contributed by atoms with Crippen LogP contribution < -0.4 is 10.6 Å². The van der Waals surface area contributed by atoms with Crippen molar-refractivity contribution in [1.82, 2.24) is 10.6 Å². The van der Waals surface area contributed by atoms with E-state index in [1.807, 2.05) is 7.05 Å². The lowest BCUT2D eigenvalue weighted by molar-refractivity contribution is 0.440. The molecular formula is C10H22N2. The van der Waals surface area contributed by atoms with Crippen LogP contribution >= 0.6 is 0 Å². The first kappa shape index (κ1) is 10.0. The molecule has 2 heteroatoms. The molecule has 0 saturated heterocycles. The monoisotopic (exact) mass is 170 g/mol. The molecular weight excluding hydrogens is 148 g/mol. The van der Waals surface area contributed by atoms with Gasteiger partial charge in [-0.1, -0.05) is 6.92 Å². The Labute approximate surface area is 76.1 Å². The molecule has 0 aromatic rings. The van der Waals surface area contributed by atoms with Crippen molar-refractivity contribution in [2.24, 2.45) is 11.8 Å².